The maximum absolute atomic E-state index is 12.2. The summed E-state index contributed by atoms with van der Waals surface area (Å²) in [6.07, 6.45) is 0. The number of rotatable bonds is 5. The van der Waals surface area contributed by atoms with Gasteiger partial charge in [0.1, 0.15) is 0 Å². The van der Waals surface area contributed by atoms with E-state index in [-0.39, 0.29) is 11.5 Å². The van der Waals surface area contributed by atoms with Crippen molar-refractivity contribution in [3.05, 3.63) is 29.8 Å². The smallest absolute Gasteiger partial charge is 0.240 e. The molecule has 1 rings (SSSR count). The molecule has 2 N–H and O–H groups in total. The summed E-state index contributed by atoms with van der Waals surface area (Å²) in [4.78, 5) is 0.316. The third-order valence-electron chi connectivity index (χ3n) is 2.89. The Balaban J connectivity index is 2.96. The molecule has 1 unspecified atom stereocenters. The molecule has 0 aliphatic heterocycles. The van der Waals surface area contributed by atoms with Gasteiger partial charge < -0.3 is 5.32 Å². The molecule has 0 radical (unpaired) electrons. The van der Waals surface area contributed by atoms with E-state index in [0.717, 1.165) is 5.56 Å². The van der Waals surface area contributed by atoms with Gasteiger partial charge in [0.05, 0.1) is 4.90 Å². The van der Waals surface area contributed by atoms with Gasteiger partial charge in [-0.1, -0.05) is 32.9 Å². The van der Waals surface area contributed by atoms with Crippen LogP contribution in [-0.4, -0.2) is 22.0 Å². The van der Waals surface area contributed by atoms with E-state index in [1.54, 1.807) is 18.2 Å². The van der Waals surface area contributed by atoms with Crippen LogP contribution in [0.4, 0.5) is 0 Å². The molecule has 0 aromatic heterocycles. The van der Waals surface area contributed by atoms with E-state index < -0.39 is 10.0 Å². The zero-order valence-corrected chi connectivity index (χ0v) is 13.1. The van der Waals surface area contributed by atoms with Crippen LogP contribution in [0.1, 0.15) is 39.3 Å². The molecule has 1 atom stereocenters. The highest BCUT2D eigenvalue weighted by Crippen LogP contribution is 2.18. The second kappa shape index (κ2) is 6.03. The van der Waals surface area contributed by atoms with E-state index in [9.17, 15) is 8.42 Å². The minimum Gasteiger partial charge on any atom is -0.313 e. The van der Waals surface area contributed by atoms with Gasteiger partial charge in [-0.3, -0.25) is 0 Å². The molecule has 0 saturated heterocycles. The lowest BCUT2D eigenvalue weighted by atomic mass is 9.98. The summed E-state index contributed by atoms with van der Waals surface area (Å²) >= 11 is 0. The van der Waals surface area contributed by atoms with E-state index in [1.807, 2.05) is 40.8 Å². The first-order valence-corrected chi connectivity index (χ1v) is 7.91. The Bertz CT molecular complexity index is 518. The van der Waals surface area contributed by atoms with Gasteiger partial charge in [0.15, 0.2) is 0 Å². The lowest BCUT2D eigenvalue weighted by Gasteiger charge is -2.19. The van der Waals surface area contributed by atoms with E-state index in [4.69, 9.17) is 0 Å². The molecule has 1 aromatic rings. The van der Waals surface area contributed by atoms with E-state index in [0.29, 0.717) is 11.4 Å². The summed E-state index contributed by atoms with van der Waals surface area (Å²) in [5.41, 5.74) is 0.879. The highest BCUT2D eigenvalue weighted by molar-refractivity contribution is 7.89. The first-order valence-electron chi connectivity index (χ1n) is 6.42. The summed E-state index contributed by atoms with van der Waals surface area (Å²) in [7, 11) is -1.58. The zero-order valence-electron chi connectivity index (χ0n) is 12.3. The highest BCUT2D eigenvalue weighted by atomic mass is 32.2. The average Bonchev–Trinajstić information content (AvgIpc) is 2.35. The molecule has 0 heterocycles. The lowest BCUT2D eigenvalue weighted by molar-refractivity contribution is 0.407. The van der Waals surface area contributed by atoms with Crippen LogP contribution >= 0.6 is 0 Å². The Hall–Kier alpha value is -0.910. The fraction of sp³-hybridized carbons (Fsp3) is 0.571. The molecule has 0 saturated carbocycles. The minimum absolute atomic E-state index is 0.0804. The Labute approximate surface area is 116 Å². The standard InChI is InChI=1S/C14H24N2O2S/c1-11(15-5)12-7-6-8-13(9-12)19(17,18)16-10-14(2,3)4/h6-9,11,15-16H,10H2,1-5H3. The van der Waals surface area contributed by atoms with Crippen molar-refractivity contribution >= 4 is 10.0 Å². The summed E-state index contributed by atoms with van der Waals surface area (Å²) < 4.78 is 27.1. The Kier molecular flexibility index (Phi) is 5.12. The van der Waals surface area contributed by atoms with E-state index in [2.05, 4.69) is 10.0 Å². The SMILES string of the molecule is CNC(C)c1cccc(S(=O)(=O)NCC(C)(C)C)c1. The molecule has 0 aliphatic rings. The second-order valence-corrected chi connectivity index (χ2v) is 7.74. The Morgan fingerprint density at radius 1 is 1.26 bits per heavy atom. The number of hydrogen-bond acceptors (Lipinski definition) is 3. The lowest BCUT2D eigenvalue weighted by Crippen LogP contribution is -2.32. The summed E-state index contributed by atoms with van der Waals surface area (Å²) in [6, 6.07) is 7.15. The number of sulfonamides is 1. The molecule has 0 fully saturated rings. The zero-order chi connectivity index (χ0) is 14.7. The van der Waals surface area contributed by atoms with Gasteiger partial charge in [0.2, 0.25) is 10.0 Å². The van der Waals surface area contributed by atoms with Crippen molar-refractivity contribution in [3.63, 3.8) is 0 Å². The normalized spacial score (nSPS) is 14.4. The number of hydrogen-bond donors (Lipinski definition) is 2. The summed E-state index contributed by atoms with van der Waals surface area (Å²) in [5.74, 6) is 0. The molecule has 0 aliphatic carbocycles. The van der Waals surface area contributed by atoms with Gasteiger partial charge in [0, 0.05) is 12.6 Å². The van der Waals surface area contributed by atoms with Crippen LogP contribution in [0.3, 0.4) is 0 Å². The van der Waals surface area contributed by atoms with Crippen LogP contribution in [0.15, 0.2) is 29.2 Å². The molecule has 5 heteroatoms. The minimum atomic E-state index is -3.44. The predicted molar refractivity (Wildman–Crippen MR) is 78.6 cm³/mol. The van der Waals surface area contributed by atoms with Crippen LogP contribution in [-0.2, 0) is 10.0 Å². The van der Waals surface area contributed by atoms with Crippen molar-refractivity contribution in [1.29, 1.82) is 0 Å². The van der Waals surface area contributed by atoms with Gasteiger partial charge in [0.25, 0.3) is 0 Å². The van der Waals surface area contributed by atoms with Gasteiger partial charge >= 0.3 is 0 Å². The number of nitrogens with one attached hydrogen (secondary N) is 2. The fourth-order valence-corrected chi connectivity index (χ4v) is 2.85. The molecule has 0 spiro atoms. The molecule has 108 valence electrons. The first kappa shape index (κ1) is 16.1. The maximum Gasteiger partial charge on any atom is 0.240 e. The second-order valence-electron chi connectivity index (χ2n) is 5.97. The van der Waals surface area contributed by atoms with Gasteiger partial charge in [-0.25, -0.2) is 13.1 Å². The van der Waals surface area contributed by atoms with Crippen molar-refractivity contribution in [2.24, 2.45) is 5.41 Å². The van der Waals surface area contributed by atoms with Crippen LogP contribution < -0.4 is 10.0 Å². The summed E-state index contributed by atoms with van der Waals surface area (Å²) in [6.45, 7) is 8.40. The molecule has 0 amide bonds. The van der Waals surface area contributed by atoms with E-state index >= 15 is 0 Å². The van der Waals surface area contributed by atoms with Crippen LogP contribution in [0.25, 0.3) is 0 Å². The monoisotopic (exact) mass is 284 g/mol. The van der Waals surface area contributed by atoms with Gasteiger partial charge in [-0.2, -0.15) is 0 Å². The van der Waals surface area contributed by atoms with Crippen molar-refractivity contribution in [2.75, 3.05) is 13.6 Å². The fourth-order valence-electron chi connectivity index (χ4n) is 1.51. The van der Waals surface area contributed by atoms with Crippen LogP contribution in [0.5, 0.6) is 0 Å². The molecule has 0 bridgehead atoms. The van der Waals surface area contributed by atoms with Gasteiger partial charge in [-0.05, 0) is 37.1 Å². The Morgan fingerprint density at radius 3 is 2.42 bits per heavy atom. The molecular formula is C14H24N2O2S. The summed E-state index contributed by atoms with van der Waals surface area (Å²) in [5, 5.41) is 3.10. The quantitative estimate of drug-likeness (QED) is 0.872. The third-order valence-corrected chi connectivity index (χ3v) is 4.29. The Morgan fingerprint density at radius 2 is 1.89 bits per heavy atom. The van der Waals surface area contributed by atoms with Crippen molar-refractivity contribution in [2.45, 2.75) is 38.6 Å². The predicted octanol–water partition coefficient (Wildman–Crippen LogP) is 2.29. The average molecular weight is 284 g/mol. The maximum atomic E-state index is 12.2. The van der Waals surface area contributed by atoms with Crippen molar-refractivity contribution < 1.29 is 8.42 Å². The highest BCUT2D eigenvalue weighted by Gasteiger charge is 2.19. The van der Waals surface area contributed by atoms with Crippen LogP contribution in [0.2, 0.25) is 0 Å². The molecular weight excluding hydrogens is 260 g/mol. The molecule has 19 heavy (non-hydrogen) atoms. The van der Waals surface area contributed by atoms with Crippen molar-refractivity contribution in [3.8, 4) is 0 Å². The number of benzene rings is 1. The van der Waals surface area contributed by atoms with Crippen LogP contribution in [0, 0.1) is 5.41 Å². The largest absolute Gasteiger partial charge is 0.313 e. The third kappa shape index (κ3) is 4.93. The molecule has 4 nitrogen and oxygen atoms in total. The topological polar surface area (TPSA) is 58.2 Å². The first-order chi connectivity index (χ1) is 8.65. The van der Waals surface area contributed by atoms with E-state index in [1.165, 1.54) is 0 Å². The van der Waals surface area contributed by atoms with Gasteiger partial charge in [-0.15, -0.1) is 0 Å². The molecule has 1 aromatic carbocycles. The van der Waals surface area contributed by atoms with Crippen molar-refractivity contribution in [1.82, 2.24) is 10.0 Å².